The van der Waals surface area contributed by atoms with Gasteiger partial charge in [-0.2, -0.15) is 0 Å². The molecule has 0 aliphatic rings. The fourth-order valence-electron chi connectivity index (χ4n) is 3.12. The minimum Gasteiger partial charge on any atom is -0.497 e. The molecule has 0 heterocycles. The Morgan fingerprint density at radius 3 is 2.47 bits per heavy atom. The van der Waals surface area contributed by atoms with Gasteiger partial charge in [0.2, 0.25) is 15.9 Å². The van der Waals surface area contributed by atoms with Crippen molar-refractivity contribution in [1.29, 1.82) is 0 Å². The van der Waals surface area contributed by atoms with E-state index in [0.717, 1.165) is 21.9 Å². The molecule has 0 saturated heterocycles. The topological polar surface area (TPSA) is 84.9 Å². The summed E-state index contributed by atoms with van der Waals surface area (Å²) in [6.45, 7) is 5.81. The van der Waals surface area contributed by atoms with Crippen LogP contribution in [0.1, 0.15) is 25.8 Å². The van der Waals surface area contributed by atoms with Crippen molar-refractivity contribution >= 4 is 21.6 Å². The van der Waals surface area contributed by atoms with Gasteiger partial charge in [0.15, 0.2) is 0 Å². The average Bonchev–Trinajstić information content (AvgIpc) is 2.70. The Hall–Kier alpha value is -2.74. The SMILES string of the molecule is CC[C@H](C(=O)N[C@H](C)COc1ccccc1C)N(c1cccc(OC)c1)S(C)(=O)=O. The molecule has 164 valence electrons. The number of methoxy groups -OCH3 is 1. The molecule has 2 rings (SSSR count). The second kappa shape index (κ2) is 10.3. The number of carbonyl (C=O) groups excluding carboxylic acids is 1. The van der Waals surface area contributed by atoms with E-state index in [4.69, 9.17) is 9.47 Å². The van der Waals surface area contributed by atoms with Crippen LogP contribution in [0.25, 0.3) is 0 Å². The molecule has 0 saturated carbocycles. The number of rotatable bonds is 10. The summed E-state index contributed by atoms with van der Waals surface area (Å²) in [4.78, 5) is 13.0. The molecule has 2 atom stereocenters. The van der Waals surface area contributed by atoms with Crippen LogP contribution in [0.3, 0.4) is 0 Å². The zero-order valence-electron chi connectivity index (χ0n) is 18.1. The van der Waals surface area contributed by atoms with Crippen molar-refractivity contribution in [3.05, 3.63) is 54.1 Å². The molecule has 30 heavy (non-hydrogen) atoms. The van der Waals surface area contributed by atoms with Crippen LogP contribution < -0.4 is 19.1 Å². The monoisotopic (exact) mass is 434 g/mol. The molecule has 7 nitrogen and oxygen atoms in total. The summed E-state index contributed by atoms with van der Waals surface area (Å²) in [6, 6.07) is 13.1. The number of amides is 1. The third-order valence-electron chi connectivity index (χ3n) is 4.61. The lowest BCUT2D eigenvalue weighted by Gasteiger charge is -2.31. The molecule has 0 aliphatic carbocycles. The van der Waals surface area contributed by atoms with Gasteiger partial charge in [0.1, 0.15) is 24.1 Å². The summed E-state index contributed by atoms with van der Waals surface area (Å²) < 4.78 is 37.2. The van der Waals surface area contributed by atoms with E-state index < -0.39 is 16.1 Å². The molecule has 0 spiro atoms. The fraction of sp³-hybridized carbons (Fsp3) is 0.409. The first-order valence-corrected chi connectivity index (χ1v) is 11.6. The van der Waals surface area contributed by atoms with E-state index in [2.05, 4.69) is 5.32 Å². The molecule has 0 aromatic heterocycles. The molecule has 0 bridgehead atoms. The van der Waals surface area contributed by atoms with E-state index in [1.54, 1.807) is 31.2 Å². The van der Waals surface area contributed by atoms with Crippen LogP contribution in [0.5, 0.6) is 11.5 Å². The second-order valence-corrected chi connectivity index (χ2v) is 9.03. The summed E-state index contributed by atoms with van der Waals surface area (Å²) in [5.74, 6) is 0.878. The molecular weight excluding hydrogens is 404 g/mol. The number of nitrogens with one attached hydrogen (secondary N) is 1. The molecule has 2 aromatic carbocycles. The molecule has 0 aliphatic heterocycles. The molecule has 2 aromatic rings. The molecule has 0 radical (unpaired) electrons. The molecular formula is C22H30N2O5S. The Kier molecular flexibility index (Phi) is 8.11. The Bertz CT molecular complexity index is 962. The predicted molar refractivity (Wildman–Crippen MR) is 119 cm³/mol. The lowest BCUT2D eigenvalue weighted by atomic mass is 10.1. The normalized spacial score (nSPS) is 13.2. The Morgan fingerprint density at radius 1 is 1.17 bits per heavy atom. The van der Waals surface area contributed by atoms with Crippen LogP contribution in [0.4, 0.5) is 5.69 Å². The van der Waals surface area contributed by atoms with Crippen molar-refractivity contribution < 1.29 is 22.7 Å². The highest BCUT2D eigenvalue weighted by atomic mass is 32.2. The van der Waals surface area contributed by atoms with E-state index in [0.29, 0.717) is 17.9 Å². The van der Waals surface area contributed by atoms with Gasteiger partial charge in [0.05, 0.1) is 25.1 Å². The number of para-hydroxylation sites is 1. The highest BCUT2D eigenvalue weighted by molar-refractivity contribution is 7.92. The van der Waals surface area contributed by atoms with Gasteiger partial charge in [-0.15, -0.1) is 0 Å². The van der Waals surface area contributed by atoms with Gasteiger partial charge in [-0.1, -0.05) is 31.2 Å². The number of hydrogen-bond donors (Lipinski definition) is 1. The number of nitrogens with zero attached hydrogens (tertiary/aromatic N) is 1. The van der Waals surface area contributed by atoms with Gasteiger partial charge >= 0.3 is 0 Å². The van der Waals surface area contributed by atoms with Crippen molar-refractivity contribution in [3.63, 3.8) is 0 Å². The maximum absolute atomic E-state index is 13.0. The van der Waals surface area contributed by atoms with Crippen LogP contribution >= 0.6 is 0 Å². The van der Waals surface area contributed by atoms with Crippen LogP contribution in [-0.2, 0) is 14.8 Å². The van der Waals surface area contributed by atoms with Gasteiger partial charge < -0.3 is 14.8 Å². The number of hydrogen-bond acceptors (Lipinski definition) is 5. The van der Waals surface area contributed by atoms with E-state index in [1.165, 1.54) is 7.11 Å². The Morgan fingerprint density at radius 2 is 1.87 bits per heavy atom. The van der Waals surface area contributed by atoms with Gasteiger partial charge in [0.25, 0.3) is 0 Å². The van der Waals surface area contributed by atoms with Gasteiger partial charge in [0, 0.05) is 6.07 Å². The van der Waals surface area contributed by atoms with E-state index in [1.807, 2.05) is 38.1 Å². The Balaban J connectivity index is 2.16. The minimum absolute atomic E-state index is 0.269. The third kappa shape index (κ3) is 6.13. The summed E-state index contributed by atoms with van der Waals surface area (Å²) >= 11 is 0. The predicted octanol–water partition coefficient (Wildman–Crippen LogP) is 3.13. The molecule has 1 amide bonds. The quantitative estimate of drug-likeness (QED) is 0.621. The molecule has 1 N–H and O–H groups in total. The first-order chi connectivity index (χ1) is 14.2. The van der Waals surface area contributed by atoms with Crippen LogP contribution in [0, 0.1) is 6.92 Å². The number of carbonyl (C=O) groups is 1. The van der Waals surface area contributed by atoms with Crippen molar-refractivity contribution in [2.45, 2.75) is 39.3 Å². The zero-order valence-corrected chi connectivity index (χ0v) is 18.9. The number of ether oxygens (including phenoxy) is 2. The summed E-state index contributed by atoms with van der Waals surface area (Å²) in [7, 11) is -2.21. The van der Waals surface area contributed by atoms with E-state index in [9.17, 15) is 13.2 Å². The summed E-state index contributed by atoms with van der Waals surface area (Å²) in [6.07, 6.45) is 1.40. The lowest BCUT2D eigenvalue weighted by Crippen LogP contribution is -2.52. The highest BCUT2D eigenvalue weighted by Crippen LogP contribution is 2.26. The van der Waals surface area contributed by atoms with E-state index in [-0.39, 0.29) is 18.6 Å². The Labute approximate surface area is 179 Å². The van der Waals surface area contributed by atoms with Crippen LogP contribution in [0.2, 0.25) is 0 Å². The number of sulfonamides is 1. The average molecular weight is 435 g/mol. The molecule has 0 unspecified atom stereocenters. The maximum Gasteiger partial charge on any atom is 0.244 e. The number of anilines is 1. The summed E-state index contributed by atoms with van der Waals surface area (Å²) in [5.41, 5.74) is 1.38. The third-order valence-corrected chi connectivity index (χ3v) is 5.79. The van der Waals surface area contributed by atoms with Gasteiger partial charge in [-0.05, 0) is 44.0 Å². The van der Waals surface area contributed by atoms with Crippen LogP contribution in [0.15, 0.2) is 48.5 Å². The molecule has 8 heteroatoms. The molecule has 0 fully saturated rings. The van der Waals surface area contributed by atoms with Crippen LogP contribution in [-0.4, -0.2) is 46.4 Å². The first kappa shape index (κ1) is 23.5. The van der Waals surface area contributed by atoms with Gasteiger partial charge in [-0.3, -0.25) is 9.10 Å². The summed E-state index contributed by atoms with van der Waals surface area (Å²) in [5, 5.41) is 2.87. The smallest absolute Gasteiger partial charge is 0.244 e. The van der Waals surface area contributed by atoms with Crippen molar-refractivity contribution in [2.24, 2.45) is 0 Å². The second-order valence-electron chi connectivity index (χ2n) is 7.17. The number of aryl methyl sites for hydroxylation is 1. The lowest BCUT2D eigenvalue weighted by molar-refractivity contribution is -0.123. The number of benzene rings is 2. The fourth-order valence-corrected chi connectivity index (χ4v) is 4.33. The minimum atomic E-state index is -3.71. The van der Waals surface area contributed by atoms with Crippen molar-refractivity contribution in [3.8, 4) is 11.5 Å². The van der Waals surface area contributed by atoms with E-state index >= 15 is 0 Å². The first-order valence-electron chi connectivity index (χ1n) is 9.79. The van der Waals surface area contributed by atoms with Crippen molar-refractivity contribution in [1.82, 2.24) is 5.32 Å². The van der Waals surface area contributed by atoms with Crippen molar-refractivity contribution in [2.75, 3.05) is 24.3 Å². The standard InChI is InChI=1S/C22H30N2O5S/c1-6-20(24(30(5,26)27)18-11-9-12-19(14-18)28-4)22(25)23-17(3)15-29-21-13-8-7-10-16(21)2/h7-14,17,20H,6,15H2,1-5H3,(H,23,25)/t17-,20-/m1/s1. The zero-order chi connectivity index (χ0) is 22.3. The largest absolute Gasteiger partial charge is 0.497 e. The van der Waals surface area contributed by atoms with Gasteiger partial charge in [-0.25, -0.2) is 8.42 Å². The maximum atomic E-state index is 13.0. The highest BCUT2D eigenvalue weighted by Gasteiger charge is 2.32.